The molecule has 1 aliphatic rings. The van der Waals surface area contributed by atoms with Crippen LogP contribution in [0.1, 0.15) is 34.6 Å². The van der Waals surface area contributed by atoms with E-state index in [0.717, 1.165) is 30.7 Å². The van der Waals surface area contributed by atoms with Crippen molar-refractivity contribution in [3.05, 3.63) is 40.2 Å². The molecule has 0 aliphatic carbocycles. The first kappa shape index (κ1) is 16.0. The van der Waals surface area contributed by atoms with Crippen LogP contribution in [0.2, 0.25) is 5.02 Å². The second-order valence-corrected chi connectivity index (χ2v) is 6.07. The summed E-state index contributed by atoms with van der Waals surface area (Å²) in [5.41, 5.74) is 2.72. The Bertz CT molecular complexity index is 723. The number of ether oxygens (including phenoxy) is 1. The lowest BCUT2D eigenvalue weighted by Crippen LogP contribution is -2.32. The van der Waals surface area contributed by atoms with Gasteiger partial charge < -0.3 is 10.1 Å². The molecule has 1 aromatic heterocycles. The highest BCUT2D eigenvalue weighted by Gasteiger charge is 2.21. The summed E-state index contributed by atoms with van der Waals surface area (Å²) in [4.78, 5) is 12.3. The van der Waals surface area contributed by atoms with E-state index >= 15 is 0 Å². The van der Waals surface area contributed by atoms with Gasteiger partial charge in [0.2, 0.25) is 0 Å². The maximum atomic E-state index is 12.3. The quantitative estimate of drug-likeness (QED) is 0.932. The number of rotatable bonds is 4. The maximum absolute atomic E-state index is 12.3. The van der Waals surface area contributed by atoms with Crippen LogP contribution in [0.15, 0.2) is 18.2 Å². The molecule has 0 bridgehead atoms. The van der Waals surface area contributed by atoms with Crippen LogP contribution in [-0.4, -0.2) is 40.2 Å². The maximum Gasteiger partial charge on any atom is 0.273 e. The molecule has 1 atom stereocenters. The molecule has 122 valence electrons. The van der Waals surface area contributed by atoms with Gasteiger partial charge in [0.1, 0.15) is 0 Å². The first-order valence-corrected chi connectivity index (χ1v) is 8.03. The highest BCUT2D eigenvalue weighted by Crippen LogP contribution is 2.23. The highest BCUT2D eigenvalue weighted by molar-refractivity contribution is 6.31. The zero-order valence-corrected chi connectivity index (χ0v) is 13.9. The van der Waals surface area contributed by atoms with Crippen molar-refractivity contribution in [2.24, 2.45) is 0 Å². The van der Waals surface area contributed by atoms with Gasteiger partial charge in [0.05, 0.1) is 17.5 Å². The molecule has 1 N–H and O–H groups in total. The van der Waals surface area contributed by atoms with E-state index in [1.54, 1.807) is 4.68 Å². The zero-order valence-electron chi connectivity index (χ0n) is 13.2. The van der Waals surface area contributed by atoms with Crippen LogP contribution in [0, 0.1) is 13.8 Å². The minimum absolute atomic E-state index is 0.101. The van der Waals surface area contributed by atoms with Crippen molar-refractivity contribution >= 4 is 17.5 Å². The molecule has 0 radical (unpaired) electrons. The van der Waals surface area contributed by atoms with E-state index in [1.165, 1.54) is 0 Å². The number of amides is 1. The fourth-order valence-electron chi connectivity index (χ4n) is 2.69. The van der Waals surface area contributed by atoms with Gasteiger partial charge in [-0.05, 0) is 44.4 Å². The molecule has 23 heavy (non-hydrogen) atoms. The normalized spacial score (nSPS) is 17.4. The fourth-order valence-corrected chi connectivity index (χ4v) is 2.86. The predicted octanol–water partition coefficient (Wildman–Crippen LogP) is 2.45. The van der Waals surface area contributed by atoms with E-state index in [-0.39, 0.29) is 12.0 Å². The Hall–Kier alpha value is -1.92. The molecule has 3 rings (SSSR count). The van der Waals surface area contributed by atoms with Crippen molar-refractivity contribution in [1.82, 2.24) is 20.3 Å². The van der Waals surface area contributed by atoms with Gasteiger partial charge in [-0.1, -0.05) is 22.9 Å². The van der Waals surface area contributed by atoms with Gasteiger partial charge in [-0.25, -0.2) is 4.68 Å². The van der Waals surface area contributed by atoms with Crippen molar-refractivity contribution in [1.29, 1.82) is 0 Å². The van der Waals surface area contributed by atoms with E-state index in [0.29, 0.717) is 23.0 Å². The summed E-state index contributed by atoms with van der Waals surface area (Å²) in [5.74, 6) is -0.232. The lowest BCUT2D eigenvalue weighted by Gasteiger charge is -2.10. The molecule has 1 fully saturated rings. The summed E-state index contributed by atoms with van der Waals surface area (Å²) in [6.45, 7) is 5.00. The van der Waals surface area contributed by atoms with E-state index in [2.05, 4.69) is 15.6 Å². The SMILES string of the molecule is Cc1c(Cl)cccc1-n1nnc(C(=O)NCC2CCCO2)c1C. The first-order chi connectivity index (χ1) is 11.1. The van der Waals surface area contributed by atoms with E-state index in [4.69, 9.17) is 16.3 Å². The third kappa shape index (κ3) is 3.23. The van der Waals surface area contributed by atoms with Gasteiger partial charge in [0.15, 0.2) is 5.69 Å². The predicted molar refractivity (Wildman–Crippen MR) is 87.2 cm³/mol. The summed E-state index contributed by atoms with van der Waals surface area (Å²) in [6, 6.07) is 5.57. The smallest absolute Gasteiger partial charge is 0.273 e. The molecule has 1 aliphatic heterocycles. The average molecular weight is 335 g/mol. The third-order valence-corrected chi connectivity index (χ3v) is 4.50. The number of nitrogens with one attached hydrogen (secondary N) is 1. The van der Waals surface area contributed by atoms with Gasteiger partial charge in [-0.3, -0.25) is 4.79 Å². The molecule has 0 saturated carbocycles. The summed E-state index contributed by atoms with van der Waals surface area (Å²) >= 11 is 6.15. The first-order valence-electron chi connectivity index (χ1n) is 7.65. The topological polar surface area (TPSA) is 69.0 Å². The molecule has 0 spiro atoms. The van der Waals surface area contributed by atoms with Crippen LogP contribution in [-0.2, 0) is 4.74 Å². The van der Waals surface area contributed by atoms with Crippen molar-refractivity contribution in [2.45, 2.75) is 32.8 Å². The molecular weight excluding hydrogens is 316 g/mol. The minimum Gasteiger partial charge on any atom is -0.376 e. The summed E-state index contributed by atoms with van der Waals surface area (Å²) in [7, 11) is 0. The lowest BCUT2D eigenvalue weighted by molar-refractivity contribution is 0.0853. The van der Waals surface area contributed by atoms with E-state index < -0.39 is 0 Å². The molecule has 2 heterocycles. The molecular formula is C16H19ClN4O2. The van der Waals surface area contributed by atoms with Gasteiger partial charge in [0.25, 0.3) is 5.91 Å². The van der Waals surface area contributed by atoms with Crippen LogP contribution in [0.4, 0.5) is 0 Å². The van der Waals surface area contributed by atoms with Crippen molar-refractivity contribution in [2.75, 3.05) is 13.2 Å². The Kier molecular flexibility index (Phi) is 4.63. The third-order valence-electron chi connectivity index (χ3n) is 4.09. The number of aromatic nitrogens is 3. The number of carbonyl (C=O) groups excluding carboxylic acids is 1. The Balaban J connectivity index is 1.78. The van der Waals surface area contributed by atoms with Crippen molar-refractivity contribution in [3.63, 3.8) is 0 Å². The van der Waals surface area contributed by atoms with E-state index in [9.17, 15) is 4.79 Å². The Labute approximate surface area is 139 Å². The average Bonchev–Trinajstić information content (AvgIpc) is 3.18. The van der Waals surface area contributed by atoms with E-state index in [1.807, 2.05) is 32.0 Å². The summed E-state index contributed by atoms with van der Waals surface area (Å²) in [5, 5.41) is 11.7. The van der Waals surface area contributed by atoms with Crippen molar-refractivity contribution < 1.29 is 9.53 Å². The van der Waals surface area contributed by atoms with Gasteiger partial charge in [-0.15, -0.1) is 5.10 Å². The monoisotopic (exact) mass is 334 g/mol. The highest BCUT2D eigenvalue weighted by atomic mass is 35.5. The number of hydrogen-bond donors (Lipinski definition) is 1. The zero-order chi connectivity index (χ0) is 16.4. The molecule has 1 amide bonds. The second kappa shape index (κ2) is 6.68. The Morgan fingerprint density at radius 2 is 2.30 bits per heavy atom. The molecule has 7 heteroatoms. The van der Waals surface area contributed by atoms with Crippen LogP contribution in [0.25, 0.3) is 5.69 Å². The number of hydrogen-bond acceptors (Lipinski definition) is 4. The number of nitrogens with zero attached hydrogens (tertiary/aromatic N) is 3. The molecule has 1 unspecified atom stereocenters. The Morgan fingerprint density at radius 3 is 3.04 bits per heavy atom. The fraction of sp³-hybridized carbons (Fsp3) is 0.438. The number of halogens is 1. The molecule has 1 aromatic carbocycles. The van der Waals surface area contributed by atoms with Gasteiger partial charge >= 0.3 is 0 Å². The molecule has 2 aromatic rings. The molecule has 1 saturated heterocycles. The summed E-state index contributed by atoms with van der Waals surface area (Å²) in [6.07, 6.45) is 2.13. The van der Waals surface area contributed by atoms with Gasteiger partial charge in [-0.2, -0.15) is 0 Å². The Morgan fingerprint density at radius 1 is 1.48 bits per heavy atom. The second-order valence-electron chi connectivity index (χ2n) is 5.66. The standard InChI is InChI=1S/C16H19ClN4O2/c1-10-13(17)6-3-7-14(10)21-11(2)15(19-20-21)16(22)18-9-12-5-4-8-23-12/h3,6-7,12H,4-5,8-9H2,1-2H3,(H,18,22). The van der Waals surface area contributed by atoms with Crippen LogP contribution >= 0.6 is 11.6 Å². The van der Waals surface area contributed by atoms with Crippen LogP contribution < -0.4 is 5.32 Å². The molecule has 6 nitrogen and oxygen atoms in total. The number of benzene rings is 1. The van der Waals surface area contributed by atoms with Crippen molar-refractivity contribution in [3.8, 4) is 5.69 Å². The van der Waals surface area contributed by atoms with Gasteiger partial charge in [0, 0.05) is 18.2 Å². The largest absolute Gasteiger partial charge is 0.376 e. The van der Waals surface area contributed by atoms with Crippen LogP contribution in [0.5, 0.6) is 0 Å². The number of carbonyl (C=O) groups is 1. The summed E-state index contributed by atoms with van der Waals surface area (Å²) < 4.78 is 7.14. The minimum atomic E-state index is -0.232. The lowest BCUT2D eigenvalue weighted by atomic mass is 10.2. The van der Waals surface area contributed by atoms with Crippen LogP contribution in [0.3, 0.4) is 0 Å².